The maximum Gasteiger partial charge on any atom is 0.325 e. The summed E-state index contributed by atoms with van der Waals surface area (Å²) in [7, 11) is 2.64. The van der Waals surface area contributed by atoms with E-state index in [9.17, 15) is 19.7 Å². The van der Waals surface area contributed by atoms with Gasteiger partial charge in [0, 0.05) is 6.07 Å². The van der Waals surface area contributed by atoms with E-state index in [1.807, 2.05) is 12.1 Å². The lowest BCUT2D eigenvalue weighted by atomic mass is 10.0. The van der Waals surface area contributed by atoms with E-state index in [2.05, 4.69) is 5.32 Å². The van der Waals surface area contributed by atoms with Crippen LogP contribution in [-0.2, 0) is 9.53 Å². The minimum absolute atomic E-state index is 0.133. The first-order chi connectivity index (χ1) is 15.4. The number of nitrogens with one attached hydrogen (secondary N) is 1. The Morgan fingerprint density at radius 2 is 1.75 bits per heavy atom. The summed E-state index contributed by atoms with van der Waals surface area (Å²) < 4.78 is 9.92. The number of anilines is 3. The molecule has 0 bridgehead atoms. The van der Waals surface area contributed by atoms with Gasteiger partial charge in [0.2, 0.25) is 0 Å². The minimum atomic E-state index is -0.536. The molecule has 32 heavy (non-hydrogen) atoms. The molecule has 162 valence electrons. The Labute approximate surface area is 183 Å². The Kier molecular flexibility index (Phi) is 5.46. The van der Waals surface area contributed by atoms with Crippen LogP contribution in [-0.4, -0.2) is 37.6 Å². The molecule has 0 aliphatic carbocycles. The molecule has 0 fully saturated rings. The average molecular weight is 433 g/mol. The highest BCUT2D eigenvalue weighted by atomic mass is 16.6. The summed E-state index contributed by atoms with van der Waals surface area (Å²) in [5, 5.41) is 14.4. The summed E-state index contributed by atoms with van der Waals surface area (Å²) in [6.45, 7) is -0.227. The van der Waals surface area contributed by atoms with E-state index in [0.717, 1.165) is 5.56 Å². The standard InChI is InChI=1S/C23H19N3O6/c1-31-21-12-15(8-10-20(21)26(29)30)14-7-9-16-18(11-14)24-17-5-3-4-6-19(17)25(23(16)28)13-22(27)32-2/h3-12,24H,13H2,1-2H3. The quantitative estimate of drug-likeness (QED) is 0.366. The van der Waals surface area contributed by atoms with Crippen LogP contribution in [0.4, 0.5) is 22.7 Å². The van der Waals surface area contributed by atoms with Crippen LogP contribution in [0.1, 0.15) is 10.4 Å². The van der Waals surface area contributed by atoms with Crippen molar-refractivity contribution >= 4 is 34.6 Å². The summed E-state index contributed by atoms with van der Waals surface area (Å²) >= 11 is 0. The van der Waals surface area contributed by atoms with Crippen LogP contribution in [0, 0.1) is 10.1 Å². The highest BCUT2D eigenvalue weighted by Crippen LogP contribution is 2.38. The van der Waals surface area contributed by atoms with Crippen molar-refractivity contribution < 1.29 is 24.0 Å². The molecule has 0 saturated heterocycles. The molecule has 1 aliphatic heterocycles. The van der Waals surface area contributed by atoms with Crippen molar-refractivity contribution in [2.75, 3.05) is 31.0 Å². The van der Waals surface area contributed by atoms with E-state index in [0.29, 0.717) is 28.2 Å². The van der Waals surface area contributed by atoms with Gasteiger partial charge >= 0.3 is 11.7 Å². The molecule has 0 radical (unpaired) electrons. The minimum Gasteiger partial charge on any atom is -0.490 e. The van der Waals surface area contributed by atoms with Crippen LogP contribution in [0.2, 0.25) is 0 Å². The van der Waals surface area contributed by atoms with E-state index in [1.165, 1.54) is 25.2 Å². The molecular weight excluding hydrogens is 414 g/mol. The number of ether oxygens (including phenoxy) is 2. The molecule has 1 N–H and O–H groups in total. The second kappa shape index (κ2) is 8.38. The zero-order chi connectivity index (χ0) is 22.8. The zero-order valence-corrected chi connectivity index (χ0v) is 17.3. The van der Waals surface area contributed by atoms with Crippen molar-refractivity contribution in [1.82, 2.24) is 0 Å². The second-order valence-electron chi connectivity index (χ2n) is 7.01. The molecule has 0 aromatic heterocycles. The third kappa shape index (κ3) is 3.71. The van der Waals surface area contributed by atoms with Gasteiger partial charge in [-0.15, -0.1) is 0 Å². The van der Waals surface area contributed by atoms with Crippen molar-refractivity contribution in [3.05, 3.63) is 76.3 Å². The summed E-state index contributed by atoms with van der Waals surface area (Å²) in [6.07, 6.45) is 0. The van der Waals surface area contributed by atoms with Gasteiger partial charge in [-0.1, -0.05) is 18.2 Å². The fourth-order valence-corrected chi connectivity index (χ4v) is 3.59. The van der Waals surface area contributed by atoms with E-state index < -0.39 is 10.9 Å². The van der Waals surface area contributed by atoms with Gasteiger partial charge in [-0.05, 0) is 47.5 Å². The Morgan fingerprint density at radius 3 is 2.47 bits per heavy atom. The number of carbonyl (C=O) groups is 2. The lowest BCUT2D eigenvalue weighted by Crippen LogP contribution is -2.35. The molecule has 0 spiro atoms. The fraction of sp³-hybridized carbons (Fsp3) is 0.130. The van der Waals surface area contributed by atoms with E-state index in [4.69, 9.17) is 9.47 Å². The fourth-order valence-electron chi connectivity index (χ4n) is 3.59. The second-order valence-corrected chi connectivity index (χ2v) is 7.01. The number of hydrogen-bond donors (Lipinski definition) is 1. The highest BCUT2D eigenvalue weighted by molar-refractivity contribution is 6.15. The summed E-state index contributed by atoms with van der Waals surface area (Å²) in [4.78, 5) is 37.3. The normalized spacial score (nSPS) is 12.2. The Hall–Kier alpha value is -4.40. The molecule has 9 nitrogen and oxygen atoms in total. The van der Waals surface area contributed by atoms with E-state index in [1.54, 1.807) is 42.5 Å². The van der Waals surface area contributed by atoms with Crippen molar-refractivity contribution in [1.29, 1.82) is 0 Å². The van der Waals surface area contributed by atoms with E-state index in [-0.39, 0.29) is 23.9 Å². The van der Waals surface area contributed by atoms with Gasteiger partial charge in [0.1, 0.15) is 6.54 Å². The molecule has 9 heteroatoms. The predicted molar refractivity (Wildman–Crippen MR) is 119 cm³/mol. The molecule has 4 rings (SSSR count). The molecule has 1 aliphatic rings. The number of para-hydroxylation sites is 2. The summed E-state index contributed by atoms with van der Waals surface area (Å²) in [5.41, 5.74) is 3.42. The Morgan fingerprint density at radius 1 is 1.03 bits per heavy atom. The number of fused-ring (bicyclic) bond motifs is 2. The maximum atomic E-state index is 13.3. The highest BCUT2D eigenvalue weighted by Gasteiger charge is 2.29. The van der Waals surface area contributed by atoms with Crippen LogP contribution in [0.15, 0.2) is 60.7 Å². The van der Waals surface area contributed by atoms with Gasteiger partial charge in [-0.2, -0.15) is 0 Å². The van der Waals surface area contributed by atoms with Gasteiger partial charge < -0.3 is 14.8 Å². The van der Waals surface area contributed by atoms with Gasteiger partial charge in [0.15, 0.2) is 5.75 Å². The first-order valence-corrected chi connectivity index (χ1v) is 9.64. The number of nitro benzene ring substituents is 1. The summed E-state index contributed by atoms with van der Waals surface area (Å²) in [6, 6.07) is 16.9. The number of esters is 1. The zero-order valence-electron chi connectivity index (χ0n) is 17.3. The SMILES string of the molecule is COC(=O)CN1C(=O)c2ccc(-c3ccc([N+](=O)[O-])c(OC)c3)cc2Nc2ccccc21. The number of amides is 1. The van der Waals surface area contributed by atoms with Crippen LogP contribution < -0.4 is 15.0 Å². The molecular formula is C23H19N3O6. The van der Waals surface area contributed by atoms with Crippen molar-refractivity contribution in [2.24, 2.45) is 0 Å². The van der Waals surface area contributed by atoms with E-state index >= 15 is 0 Å². The van der Waals surface area contributed by atoms with Crippen molar-refractivity contribution in [3.8, 4) is 16.9 Å². The van der Waals surface area contributed by atoms with Gasteiger partial charge in [-0.3, -0.25) is 24.6 Å². The lowest BCUT2D eigenvalue weighted by Gasteiger charge is -2.21. The smallest absolute Gasteiger partial charge is 0.325 e. The molecule has 0 saturated carbocycles. The molecule has 3 aromatic carbocycles. The van der Waals surface area contributed by atoms with Crippen LogP contribution in [0.3, 0.4) is 0 Å². The van der Waals surface area contributed by atoms with Crippen LogP contribution in [0.5, 0.6) is 5.75 Å². The maximum absolute atomic E-state index is 13.3. The molecule has 3 aromatic rings. The number of nitrogens with zero attached hydrogens (tertiary/aromatic N) is 2. The monoisotopic (exact) mass is 433 g/mol. The number of benzene rings is 3. The average Bonchev–Trinajstić information content (AvgIpc) is 2.92. The number of methoxy groups -OCH3 is 2. The number of rotatable bonds is 5. The van der Waals surface area contributed by atoms with Crippen LogP contribution in [0.25, 0.3) is 11.1 Å². The lowest BCUT2D eigenvalue weighted by molar-refractivity contribution is -0.385. The van der Waals surface area contributed by atoms with Gasteiger partial charge in [0.05, 0.1) is 41.8 Å². The van der Waals surface area contributed by atoms with Crippen LogP contribution >= 0.6 is 0 Å². The van der Waals surface area contributed by atoms with Crippen molar-refractivity contribution in [3.63, 3.8) is 0 Å². The third-order valence-electron chi connectivity index (χ3n) is 5.18. The summed E-state index contributed by atoms with van der Waals surface area (Å²) in [5.74, 6) is -0.747. The molecule has 1 amide bonds. The topological polar surface area (TPSA) is 111 Å². The molecule has 0 atom stereocenters. The number of hydrogen-bond acceptors (Lipinski definition) is 7. The predicted octanol–water partition coefficient (Wildman–Crippen LogP) is 4.15. The number of carbonyl (C=O) groups excluding carboxylic acids is 2. The third-order valence-corrected chi connectivity index (χ3v) is 5.18. The largest absolute Gasteiger partial charge is 0.490 e. The van der Waals surface area contributed by atoms with Gasteiger partial charge in [0.25, 0.3) is 5.91 Å². The van der Waals surface area contributed by atoms with Crippen molar-refractivity contribution in [2.45, 2.75) is 0 Å². The molecule has 0 unspecified atom stereocenters. The molecule has 1 heterocycles. The number of nitro groups is 1. The first-order valence-electron chi connectivity index (χ1n) is 9.64. The van der Waals surface area contributed by atoms with Gasteiger partial charge in [-0.25, -0.2) is 0 Å². The Balaban J connectivity index is 1.80. The Bertz CT molecular complexity index is 1240. The first kappa shape index (κ1) is 20.9.